The van der Waals surface area contributed by atoms with Crippen molar-refractivity contribution in [3.8, 4) is 6.07 Å². The molecule has 0 amide bonds. The number of nitrogens with one attached hydrogen (secondary N) is 1. The summed E-state index contributed by atoms with van der Waals surface area (Å²) < 4.78 is 25.5. The SMILES string of the molecule is CN(Cc1ncn[nH]1)S(=O)(=O)c1ccc(C#N)nc1. The van der Waals surface area contributed by atoms with Gasteiger partial charge < -0.3 is 0 Å². The first kappa shape index (κ1) is 13.1. The highest BCUT2D eigenvalue weighted by Gasteiger charge is 2.22. The first-order valence-corrected chi connectivity index (χ1v) is 6.65. The second-order valence-corrected chi connectivity index (χ2v) is 5.73. The number of aromatic amines is 1. The predicted molar refractivity (Wildman–Crippen MR) is 64.0 cm³/mol. The van der Waals surface area contributed by atoms with Gasteiger partial charge in [0.15, 0.2) is 0 Å². The molecule has 0 bridgehead atoms. The molecule has 1 N–H and O–H groups in total. The molecule has 19 heavy (non-hydrogen) atoms. The Kier molecular flexibility index (Phi) is 3.55. The number of nitrogens with zero attached hydrogens (tertiary/aromatic N) is 5. The lowest BCUT2D eigenvalue weighted by Gasteiger charge is -2.15. The molecule has 2 aromatic heterocycles. The van der Waals surface area contributed by atoms with Crippen molar-refractivity contribution in [2.24, 2.45) is 0 Å². The fourth-order valence-corrected chi connectivity index (χ4v) is 2.46. The Balaban J connectivity index is 2.23. The zero-order valence-electron chi connectivity index (χ0n) is 9.98. The third kappa shape index (κ3) is 2.75. The minimum atomic E-state index is -3.67. The molecule has 2 heterocycles. The highest BCUT2D eigenvalue weighted by Crippen LogP contribution is 2.14. The van der Waals surface area contributed by atoms with E-state index in [1.54, 1.807) is 0 Å². The fourth-order valence-electron chi connectivity index (χ4n) is 1.38. The van der Waals surface area contributed by atoms with Crippen LogP contribution < -0.4 is 0 Å². The molecule has 0 aliphatic carbocycles. The van der Waals surface area contributed by atoms with Crippen LogP contribution in [0.25, 0.3) is 0 Å². The van der Waals surface area contributed by atoms with Crippen molar-refractivity contribution in [1.29, 1.82) is 5.26 Å². The molecular formula is C10H10N6O2S. The molecule has 2 rings (SSSR count). The molecule has 8 nitrogen and oxygen atoms in total. The molecule has 0 radical (unpaired) electrons. The number of pyridine rings is 1. The van der Waals surface area contributed by atoms with Crippen LogP contribution in [0.4, 0.5) is 0 Å². The van der Waals surface area contributed by atoms with Crippen molar-refractivity contribution in [3.63, 3.8) is 0 Å². The van der Waals surface area contributed by atoms with Crippen molar-refractivity contribution in [2.45, 2.75) is 11.4 Å². The van der Waals surface area contributed by atoms with Gasteiger partial charge in [0.2, 0.25) is 10.0 Å². The Bertz CT molecular complexity index is 687. The molecule has 0 saturated heterocycles. The van der Waals surface area contributed by atoms with Crippen LogP contribution in [0, 0.1) is 11.3 Å². The van der Waals surface area contributed by atoms with E-state index in [9.17, 15) is 8.42 Å². The topological polar surface area (TPSA) is 116 Å². The Morgan fingerprint density at radius 3 is 2.74 bits per heavy atom. The van der Waals surface area contributed by atoms with E-state index >= 15 is 0 Å². The van der Waals surface area contributed by atoms with Crippen LogP contribution in [0.3, 0.4) is 0 Å². The van der Waals surface area contributed by atoms with Crippen LogP contribution in [0.5, 0.6) is 0 Å². The van der Waals surface area contributed by atoms with E-state index in [1.165, 1.54) is 25.5 Å². The molecule has 0 atom stereocenters. The summed E-state index contributed by atoms with van der Waals surface area (Å²) in [6.45, 7) is 0.0718. The predicted octanol–water partition coefficient (Wildman–Crippen LogP) is -0.108. The summed E-state index contributed by atoms with van der Waals surface area (Å²) in [4.78, 5) is 7.62. The van der Waals surface area contributed by atoms with Crippen molar-refractivity contribution in [1.82, 2.24) is 24.5 Å². The minimum Gasteiger partial charge on any atom is -0.262 e. The lowest BCUT2D eigenvalue weighted by Crippen LogP contribution is -2.27. The standard InChI is InChI=1S/C10H10N6O2S/c1-16(6-10-13-7-14-15-10)19(17,18)9-3-2-8(4-11)12-5-9/h2-3,5,7H,6H2,1H3,(H,13,14,15). The molecule has 0 aromatic carbocycles. The largest absolute Gasteiger partial charge is 0.262 e. The smallest absolute Gasteiger partial charge is 0.244 e. The summed E-state index contributed by atoms with van der Waals surface area (Å²) in [5.74, 6) is 0.438. The summed E-state index contributed by atoms with van der Waals surface area (Å²) in [6.07, 6.45) is 2.46. The summed E-state index contributed by atoms with van der Waals surface area (Å²) >= 11 is 0. The molecule has 0 aliphatic rings. The van der Waals surface area contributed by atoms with Gasteiger partial charge in [-0.05, 0) is 12.1 Å². The molecule has 9 heteroatoms. The van der Waals surface area contributed by atoms with Gasteiger partial charge in [-0.15, -0.1) is 0 Å². The molecular weight excluding hydrogens is 268 g/mol. The van der Waals surface area contributed by atoms with Crippen LogP contribution >= 0.6 is 0 Å². The zero-order chi connectivity index (χ0) is 13.9. The van der Waals surface area contributed by atoms with Gasteiger partial charge in [-0.25, -0.2) is 18.4 Å². The number of hydrogen-bond donors (Lipinski definition) is 1. The van der Waals surface area contributed by atoms with E-state index in [4.69, 9.17) is 5.26 Å². The maximum Gasteiger partial charge on any atom is 0.244 e. The van der Waals surface area contributed by atoms with E-state index in [0.717, 1.165) is 10.5 Å². The second-order valence-electron chi connectivity index (χ2n) is 3.68. The van der Waals surface area contributed by atoms with Crippen molar-refractivity contribution in [3.05, 3.63) is 36.2 Å². The average Bonchev–Trinajstić information content (AvgIpc) is 2.91. The molecule has 0 fully saturated rings. The van der Waals surface area contributed by atoms with E-state index in [0.29, 0.717) is 5.82 Å². The number of nitriles is 1. The lowest BCUT2D eigenvalue weighted by molar-refractivity contribution is 0.457. The van der Waals surface area contributed by atoms with Gasteiger partial charge in [-0.3, -0.25) is 5.10 Å². The molecule has 0 saturated carbocycles. The van der Waals surface area contributed by atoms with E-state index in [-0.39, 0.29) is 17.1 Å². The number of sulfonamides is 1. The van der Waals surface area contributed by atoms with Crippen LogP contribution in [0.2, 0.25) is 0 Å². The van der Waals surface area contributed by atoms with Gasteiger partial charge in [-0.2, -0.15) is 14.7 Å². The Morgan fingerprint density at radius 2 is 2.21 bits per heavy atom. The van der Waals surface area contributed by atoms with Crippen LogP contribution in [-0.2, 0) is 16.6 Å². The summed E-state index contributed by atoms with van der Waals surface area (Å²) in [6, 6.07) is 4.53. The maximum atomic E-state index is 12.2. The van der Waals surface area contributed by atoms with E-state index in [2.05, 4.69) is 20.2 Å². The van der Waals surface area contributed by atoms with Crippen LogP contribution in [-0.4, -0.2) is 39.9 Å². The Labute approximate surface area is 109 Å². The van der Waals surface area contributed by atoms with Crippen molar-refractivity contribution >= 4 is 10.0 Å². The first-order chi connectivity index (χ1) is 9.04. The number of rotatable bonds is 4. The monoisotopic (exact) mass is 278 g/mol. The van der Waals surface area contributed by atoms with Crippen LogP contribution in [0.1, 0.15) is 11.5 Å². The van der Waals surface area contributed by atoms with E-state index < -0.39 is 10.0 Å². The number of H-pyrrole nitrogens is 1. The summed E-state index contributed by atoms with van der Waals surface area (Å²) in [7, 11) is -2.24. The van der Waals surface area contributed by atoms with E-state index in [1.807, 2.05) is 6.07 Å². The van der Waals surface area contributed by atoms with Gasteiger partial charge >= 0.3 is 0 Å². The minimum absolute atomic E-state index is 0.0218. The highest BCUT2D eigenvalue weighted by atomic mass is 32.2. The third-order valence-corrected chi connectivity index (χ3v) is 4.18. The summed E-state index contributed by atoms with van der Waals surface area (Å²) in [5.41, 5.74) is 0.164. The van der Waals surface area contributed by atoms with Gasteiger partial charge in [0, 0.05) is 13.2 Å². The van der Waals surface area contributed by atoms with Crippen molar-refractivity contribution in [2.75, 3.05) is 7.05 Å². The average molecular weight is 278 g/mol. The van der Waals surface area contributed by atoms with Crippen LogP contribution in [0.15, 0.2) is 29.6 Å². The molecule has 0 spiro atoms. The Morgan fingerprint density at radius 1 is 1.42 bits per heavy atom. The van der Waals surface area contributed by atoms with Gasteiger partial charge in [0.1, 0.15) is 28.8 Å². The normalized spacial score (nSPS) is 11.4. The third-order valence-electron chi connectivity index (χ3n) is 2.40. The lowest BCUT2D eigenvalue weighted by atomic mass is 10.4. The number of hydrogen-bond acceptors (Lipinski definition) is 6. The number of aromatic nitrogens is 4. The van der Waals surface area contributed by atoms with Gasteiger partial charge in [0.05, 0.1) is 6.54 Å². The summed E-state index contributed by atoms with van der Waals surface area (Å²) in [5, 5.41) is 14.9. The molecule has 2 aromatic rings. The van der Waals surface area contributed by atoms with Gasteiger partial charge in [0.25, 0.3) is 0 Å². The second kappa shape index (κ2) is 5.13. The zero-order valence-corrected chi connectivity index (χ0v) is 10.8. The molecule has 0 unspecified atom stereocenters. The quantitative estimate of drug-likeness (QED) is 0.834. The molecule has 0 aliphatic heterocycles. The fraction of sp³-hybridized carbons (Fsp3) is 0.200. The highest BCUT2D eigenvalue weighted by molar-refractivity contribution is 7.89. The maximum absolute atomic E-state index is 12.2. The first-order valence-electron chi connectivity index (χ1n) is 5.21. The van der Waals surface area contributed by atoms with Gasteiger partial charge in [-0.1, -0.05) is 0 Å². The molecule has 98 valence electrons. The van der Waals surface area contributed by atoms with Crippen molar-refractivity contribution < 1.29 is 8.42 Å². The Hall–Kier alpha value is -2.31.